The maximum absolute atomic E-state index is 14.0. The molecule has 0 radical (unpaired) electrons. The van der Waals surface area contributed by atoms with Crippen molar-refractivity contribution in [1.29, 1.82) is 0 Å². The number of nitrogens with zero attached hydrogens (tertiary/aromatic N) is 5. The zero-order valence-corrected chi connectivity index (χ0v) is 15.7. The molecule has 27 heavy (non-hydrogen) atoms. The van der Waals surface area contributed by atoms with E-state index in [0.717, 1.165) is 28.3 Å². The third kappa shape index (κ3) is 2.66. The van der Waals surface area contributed by atoms with Gasteiger partial charge in [-0.3, -0.25) is 0 Å². The molecule has 5 rings (SSSR count). The highest BCUT2D eigenvalue weighted by molar-refractivity contribution is 5.85. The van der Waals surface area contributed by atoms with Gasteiger partial charge in [0.05, 0.1) is 35.9 Å². The molecule has 4 heterocycles. The Balaban J connectivity index is 0.00000180. The number of aromatic nitrogens is 6. The average molecular weight is 385 g/mol. The van der Waals surface area contributed by atoms with Crippen molar-refractivity contribution in [1.82, 2.24) is 29.3 Å². The minimum atomic E-state index is -0.294. The Morgan fingerprint density at radius 2 is 2.11 bits per heavy atom. The zero-order valence-electron chi connectivity index (χ0n) is 14.8. The number of nitrogens with one attached hydrogen (secondary N) is 1. The molecule has 0 aliphatic carbocycles. The topological polar surface area (TPSA) is 64.3 Å². The second kappa shape index (κ2) is 6.35. The molecule has 1 unspecified atom stereocenters. The maximum Gasteiger partial charge on any atom is 0.161 e. The Bertz CT molecular complexity index is 1110. The third-order valence-corrected chi connectivity index (χ3v) is 5.00. The molecule has 4 aromatic rings. The van der Waals surface area contributed by atoms with E-state index in [-0.39, 0.29) is 24.1 Å². The van der Waals surface area contributed by atoms with Gasteiger partial charge >= 0.3 is 0 Å². The molecule has 138 valence electrons. The number of rotatable bonds is 2. The van der Waals surface area contributed by atoms with Crippen LogP contribution in [0.25, 0.3) is 17.1 Å². The summed E-state index contributed by atoms with van der Waals surface area (Å²) in [5.41, 5.74) is 4.60. The summed E-state index contributed by atoms with van der Waals surface area (Å²) in [7, 11) is 0. The summed E-state index contributed by atoms with van der Waals surface area (Å²) in [5.74, 6) is 1.12. The molecular formula is C19H18ClFN6. The number of H-pyrrole nitrogens is 1. The van der Waals surface area contributed by atoms with Crippen LogP contribution in [0.5, 0.6) is 0 Å². The lowest BCUT2D eigenvalue weighted by Crippen LogP contribution is -2.07. The first-order valence-corrected chi connectivity index (χ1v) is 8.53. The average Bonchev–Trinajstić information content (AvgIpc) is 3.35. The number of aromatic amines is 1. The number of hydrogen-bond acceptors (Lipinski definition) is 3. The van der Waals surface area contributed by atoms with Gasteiger partial charge in [-0.1, -0.05) is 0 Å². The van der Waals surface area contributed by atoms with Crippen molar-refractivity contribution in [3.05, 3.63) is 71.6 Å². The van der Waals surface area contributed by atoms with Crippen LogP contribution in [0.4, 0.5) is 4.39 Å². The van der Waals surface area contributed by atoms with E-state index >= 15 is 0 Å². The number of fused-ring (bicyclic) bond motifs is 5. The van der Waals surface area contributed by atoms with E-state index in [1.165, 1.54) is 12.1 Å². The van der Waals surface area contributed by atoms with Crippen molar-refractivity contribution in [2.75, 3.05) is 0 Å². The SMILES string of the molecule is Cc1ncn2c1Cn1nc(C(C)c3ccc[nH]3)nc1-c1cc(F)ccc1-2.Cl. The lowest BCUT2D eigenvalue weighted by molar-refractivity contribution is 0.627. The van der Waals surface area contributed by atoms with Gasteiger partial charge in [0.15, 0.2) is 11.6 Å². The van der Waals surface area contributed by atoms with Gasteiger partial charge in [-0.25, -0.2) is 19.0 Å². The van der Waals surface area contributed by atoms with Gasteiger partial charge < -0.3 is 9.55 Å². The van der Waals surface area contributed by atoms with Crippen LogP contribution in [0, 0.1) is 12.7 Å². The van der Waals surface area contributed by atoms with Crippen LogP contribution in [0.3, 0.4) is 0 Å². The normalized spacial score (nSPS) is 13.1. The van der Waals surface area contributed by atoms with Crippen LogP contribution < -0.4 is 0 Å². The van der Waals surface area contributed by atoms with Crippen LogP contribution in [-0.2, 0) is 6.54 Å². The largest absolute Gasteiger partial charge is 0.364 e. The van der Waals surface area contributed by atoms with Crippen LogP contribution in [0.1, 0.15) is 35.7 Å². The molecule has 8 heteroatoms. The highest BCUT2D eigenvalue weighted by Gasteiger charge is 2.26. The molecule has 1 aromatic carbocycles. The van der Waals surface area contributed by atoms with E-state index in [2.05, 4.69) is 16.9 Å². The molecule has 0 bridgehead atoms. The van der Waals surface area contributed by atoms with E-state index in [1.54, 1.807) is 12.4 Å². The quantitative estimate of drug-likeness (QED) is 0.503. The molecule has 0 saturated heterocycles. The molecule has 1 aliphatic heterocycles. The molecule has 1 atom stereocenters. The van der Waals surface area contributed by atoms with Gasteiger partial charge in [0.25, 0.3) is 0 Å². The summed E-state index contributed by atoms with van der Waals surface area (Å²) in [6, 6.07) is 8.73. The summed E-state index contributed by atoms with van der Waals surface area (Å²) in [6.45, 7) is 4.57. The number of aryl methyl sites for hydroxylation is 1. The smallest absolute Gasteiger partial charge is 0.161 e. The first kappa shape index (κ1) is 17.5. The minimum absolute atomic E-state index is 0. The first-order valence-electron chi connectivity index (χ1n) is 8.53. The summed E-state index contributed by atoms with van der Waals surface area (Å²) in [4.78, 5) is 12.4. The van der Waals surface area contributed by atoms with Gasteiger partial charge in [0.1, 0.15) is 5.82 Å². The van der Waals surface area contributed by atoms with Gasteiger partial charge in [-0.05, 0) is 44.2 Å². The van der Waals surface area contributed by atoms with Gasteiger partial charge in [0, 0.05) is 17.5 Å². The van der Waals surface area contributed by atoms with Crippen molar-refractivity contribution in [2.45, 2.75) is 26.3 Å². The van der Waals surface area contributed by atoms with E-state index in [9.17, 15) is 4.39 Å². The molecule has 3 aromatic heterocycles. The minimum Gasteiger partial charge on any atom is -0.364 e. The maximum atomic E-state index is 14.0. The Hall–Kier alpha value is -2.93. The Morgan fingerprint density at radius 1 is 1.26 bits per heavy atom. The fourth-order valence-corrected chi connectivity index (χ4v) is 3.51. The van der Waals surface area contributed by atoms with Crippen LogP contribution in [0.15, 0.2) is 42.9 Å². The first-order chi connectivity index (χ1) is 12.6. The predicted molar refractivity (Wildman–Crippen MR) is 102 cm³/mol. The fraction of sp³-hybridized carbons (Fsp3) is 0.211. The molecule has 1 N–H and O–H groups in total. The van der Waals surface area contributed by atoms with Crippen LogP contribution in [0.2, 0.25) is 0 Å². The van der Waals surface area contributed by atoms with Gasteiger partial charge in [-0.2, -0.15) is 5.10 Å². The predicted octanol–water partition coefficient (Wildman–Crippen LogP) is 3.84. The van der Waals surface area contributed by atoms with Crippen LogP contribution >= 0.6 is 12.4 Å². The number of benzene rings is 1. The van der Waals surface area contributed by atoms with Crippen molar-refractivity contribution >= 4 is 12.4 Å². The summed E-state index contributed by atoms with van der Waals surface area (Å²) in [6.07, 6.45) is 3.66. The molecule has 0 spiro atoms. The Labute approximate surface area is 161 Å². The third-order valence-electron chi connectivity index (χ3n) is 5.00. The lowest BCUT2D eigenvalue weighted by atomic mass is 10.1. The Kier molecular flexibility index (Phi) is 4.11. The van der Waals surface area contributed by atoms with Gasteiger partial charge in [0.2, 0.25) is 0 Å². The van der Waals surface area contributed by atoms with Crippen LogP contribution in [-0.4, -0.2) is 29.3 Å². The lowest BCUT2D eigenvalue weighted by Gasteiger charge is -2.09. The van der Waals surface area contributed by atoms with Crippen molar-refractivity contribution in [2.24, 2.45) is 0 Å². The molecular weight excluding hydrogens is 367 g/mol. The van der Waals surface area contributed by atoms with Crippen molar-refractivity contribution in [3.8, 4) is 17.1 Å². The number of halogens is 2. The highest BCUT2D eigenvalue weighted by Crippen LogP contribution is 2.33. The van der Waals surface area contributed by atoms with E-state index in [0.29, 0.717) is 18.2 Å². The Morgan fingerprint density at radius 3 is 2.89 bits per heavy atom. The summed E-state index contributed by atoms with van der Waals surface area (Å²) in [5, 5.41) is 4.74. The van der Waals surface area contributed by atoms with Crippen molar-refractivity contribution < 1.29 is 4.39 Å². The monoisotopic (exact) mass is 384 g/mol. The molecule has 0 saturated carbocycles. The molecule has 0 amide bonds. The van der Waals surface area contributed by atoms with E-state index in [4.69, 9.17) is 10.1 Å². The number of imidazole rings is 1. The van der Waals surface area contributed by atoms with Gasteiger partial charge in [-0.15, -0.1) is 12.4 Å². The van der Waals surface area contributed by atoms with Crippen molar-refractivity contribution in [3.63, 3.8) is 0 Å². The van der Waals surface area contributed by atoms with E-state index in [1.807, 2.05) is 34.5 Å². The molecule has 6 nitrogen and oxygen atoms in total. The number of hydrogen-bond donors (Lipinski definition) is 1. The summed E-state index contributed by atoms with van der Waals surface area (Å²) >= 11 is 0. The summed E-state index contributed by atoms with van der Waals surface area (Å²) < 4.78 is 17.8. The standard InChI is InChI=1S/C19H17FN6.ClH/c1-11(15-4-3-7-21-15)18-23-19-14-8-13(20)5-6-16(14)25-10-22-12(2)17(25)9-26(19)24-18;/h3-8,10-11,21H,9H2,1-2H3;1H. The fourth-order valence-electron chi connectivity index (χ4n) is 3.51. The van der Waals surface area contributed by atoms with E-state index < -0.39 is 0 Å². The second-order valence-electron chi connectivity index (χ2n) is 6.61. The zero-order chi connectivity index (χ0) is 17.8. The molecule has 0 fully saturated rings. The highest BCUT2D eigenvalue weighted by atomic mass is 35.5. The molecule has 1 aliphatic rings. The second-order valence-corrected chi connectivity index (χ2v) is 6.61.